The van der Waals surface area contributed by atoms with E-state index >= 15 is 0 Å². The Morgan fingerprint density at radius 3 is 2.65 bits per heavy atom. The molecule has 122 valence electrons. The number of hydrogen-bond donors (Lipinski definition) is 0. The molecule has 5 heteroatoms. The van der Waals surface area contributed by atoms with Gasteiger partial charge in [0.2, 0.25) is 5.91 Å². The van der Waals surface area contributed by atoms with Crippen molar-refractivity contribution in [3.8, 4) is 0 Å². The minimum absolute atomic E-state index is 0.236. The molecule has 1 fully saturated rings. The van der Waals surface area contributed by atoms with Gasteiger partial charge in [-0.15, -0.1) is 0 Å². The average Bonchev–Trinajstić information content (AvgIpc) is 2.99. The minimum Gasteiger partial charge on any atom is -0.339 e. The molecule has 1 aromatic heterocycles. The lowest BCUT2D eigenvalue weighted by molar-refractivity contribution is -0.134. The molecule has 0 radical (unpaired) electrons. The van der Waals surface area contributed by atoms with Gasteiger partial charge < -0.3 is 4.90 Å². The quantitative estimate of drug-likeness (QED) is 0.865. The largest absolute Gasteiger partial charge is 0.339 e. The number of nitrogens with zero attached hydrogens (tertiary/aromatic N) is 4. The van der Waals surface area contributed by atoms with Crippen molar-refractivity contribution in [3.05, 3.63) is 53.9 Å². The highest BCUT2D eigenvalue weighted by Gasteiger charge is 2.28. The van der Waals surface area contributed by atoms with Crippen LogP contribution in [-0.2, 0) is 18.3 Å². The first-order valence-electron chi connectivity index (χ1n) is 8.15. The van der Waals surface area contributed by atoms with Crippen LogP contribution in [0.15, 0.2) is 42.6 Å². The number of carbonyl (C=O) groups is 1. The van der Waals surface area contributed by atoms with E-state index in [0.29, 0.717) is 6.42 Å². The summed E-state index contributed by atoms with van der Waals surface area (Å²) in [7, 11) is 4.05. The van der Waals surface area contributed by atoms with Gasteiger partial charge >= 0.3 is 0 Å². The van der Waals surface area contributed by atoms with Gasteiger partial charge in [-0.25, -0.2) is 0 Å². The summed E-state index contributed by atoms with van der Waals surface area (Å²) in [6, 6.07) is 12.7. The van der Waals surface area contributed by atoms with Crippen LogP contribution >= 0.6 is 0 Å². The number of carbonyl (C=O) groups excluding carboxylic acids is 1. The first-order chi connectivity index (χ1) is 11.1. The second-order valence-corrected chi connectivity index (χ2v) is 6.19. The fourth-order valence-corrected chi connectivity index (χ4v) is 3.17. The normalized spacial score (nSPS) is 19.0. The van der Waals surface area contributed by atoms with Crippen LogP contribution in [0.25, 0.3) is 0 Å². The molecule has 5 nitrogen and oxygen atoms in total. The van der Waals surface area contributed by atoms with Crippen molar-refractivity contribution in [2.75, 3.05) is 26.7 Å². The first kappa shape index (κ1) is 15.7. The zero-order valence-electron chi connectivity index (χ0n) is 13.9. The molecule has 0 N–H and O–H groups in total. The number of benzene rings is 1. The van der Waals surface area contributed by atoms with Crippen LogP contribution in [0.4, 0.5) is 0 Å². The van der Waals surface area contributed by atoms with E-state index in [1.54, 1.807) is 6.20 Å². The molecular weight excluding hydrogens is 288 g/mol. The van der Waals surface area contributed by atoms with E-state index in [4.69, 9.17) is 0 Å². The van der Waals surface area contributed by atoms with E-state index < -0.39 is 0 Å². The molecule has 0 spiro atoms. The van der Waals surface area contributed by atoms with E-state index in [9.17, 15) is 4.79 Å². The third-order valence-corrected chi connectivity index (χ3v) is 4.70. The maximum absolute atomic E-state index is 12.6. The Balaban J connectivity index is 1.61. The Morgan fingerprint density at radius 1 is 1.17 bits per heavy atom. The molecule has 2 heterocycles. The van der Waals surface area contributed by atoms with E-state index in [2.05, 4.69) is 41.3 Å². The van der Waals surface area contributed by atoms with Crippen LogP contribution in [-0.4, -0.2) is 52.2 Å². The number of aryl methyl sites for hydroxylation is 2. The van der Waals surface area contributed by atoms with Crippen LogP contribution in [0, 0.1) is 0 Å². The number of amides is 1. The summed E-state index contributed by atoms with van der Waals surface area (Å²) >= 11 is 0. The van der Waals surface area contributed by atoms with Crippen molar-refractivity contribution < 1.29 is 4.79 Å². The van der Waals surface area contributed by atoms with Crippen molar-refractivity contribution >= 4 is 5.91 Å². The molecule has 1 aliphatic heterocycles. The summed E-state index contributed by atoms with van der Waals surface area (Å²) in [4.78, 5) is 16.9. The van der Waals surface area contributed by atoms with Gasteiger partial charge in [-0.2, -0.15) is 5.10 Å². The van der Waals surface area contributed by atoms with Crippen molar-refractivity contribution in [1.29, 1.82) is 0 Å². The lowest BCUT2D eigenvalue weighted by Crippen LogP contribution is -2.49. The molecule has 1 aliphatic rings. The Labute approximate surface area is 137 Å². The fraction of sp³-hybridized carbons (Fsp3) is 0.444. The first-order valence-corrected chi connectivity index (χ1v) is 8.15. The molecule has 1 atom stereocenters. The van der Waals surface area contributed by atoms with Gasteiger partial charge in [0.15, 0.2) is 0 Å². The lowest BCUT2D eigenvalue weighted by Gasteiger charge is -2.39. The van der Waals surface area contributed by atoms with Gasteiger partial charge in [-0.05, 0) is 25.1 Å². The molecule has 0 bridgehead atoms. The molecule has 2 aromatic rings. The highest BCUT2D eigenvalue weighted by molar-refractivity contribution is 5.76. The van der Waals surface area contributed by atoms with E-state index in [0.717, 1.165) is 31.7 Å². The Morgan fingerprint density at radius 2 is 1.96 bits per heavy atom. The molecule has 0 aliphatic carbocycles. The topological polar surface area (TPSA) is 41.4 Å². The van der Waals surface area contributed by atoms with Crippen molar-refractivity contribution in [1.82, 2.24) is 19.6 Å². The van der Waals surface area contributed by atoms with Crippen LogP contribution < -0.4 is 0 Å². The van der Waals surface area contributed by atoms with Crippen LogP contribution in [0.1, 0.15) is 23.7 Å². The van der Waals surface area contributed by atoms with Crippen molar-refractivity contribution in [2.24, 2.45) is 7.05 Å². The second-order valence-electron chi connectivity index (χ2n) is 6.19. The summed E-state index contributed by atoms with van der Waals surface area (Å²) in [5, 5.41) is 4.15. The van der Waals surface area contributed by atoms with Crippen molar-refractivity contribution in [2.45, 2.75) is 18.9 Å². The summed E-state index contributed by atoms with van der Waals surface area (Å²) in [6.07, 6.45) is 3.07. The van der Waals surface area contributed by atoms with E-state index in [1.807, 2.05) is 28.8 Å². The minimum atomic E-state index is 0.236. The summed E-state index contributed by atoms with van der Waals surface area (Å²) in [6.45, 7) is 2.49. The summed E-state index contributed by atoms with van der Waals surface area (Å²) < 4.78 is 1.84. The molecule has 0 saturated carbocycles. The van der Waals surface area contributed by atoms with Gasteiger partial charge in [0.05, 0.1) is 6.04 Å². The molecule has 1 aromatic carbocycles. The van der Waals surface area contributed by atoms with Gasteiger partial charge in [0.25, 0.3) is 0 Å². The number of hydrogen-bond acceptors (Lipinski definition) is 3. The zero-order valence-corrected chi connectivity index (χ0v) is 13.9. The zero-order chi connectivity index (χ0) is 16.2. The third-order valence-electron chi connectivity index (χ3n) is 4.70. The monoisotopic (exact) mass is 312 g/mol. The van der Waals surface area contributed by atoms with Crippen LogP contribution in [0.2, 0.25) is 0 Å². The molecular formula is C18H24N4O. The SMILES string of the molecule is CN1CCN(C(=O)CCc2ccnn2C)C[C@H]1c1ccccc1. The predicted octanol–water partition coefficient (Wildman–Crippen LogP) is 1.87. The van der Waals surface area contributed by atoms with Gasteiger partial charge in [-0.3, -0.25) is 14.4 Å². The van der Waals surface area contributed by atoms with Crippen LogP contribution in [0.3, 0.4) is 0 Å². The Kier molecular flexibility index (Phi) is 4.76. The van der Waals surface area contributed by atoms with Gasteiger partial charge in [0, 0.05) is 45.0 Å². The highest BCUT2D eigenvalue weighted by atomic mass is 16.2. The standard InChI is InChI=1S/C18H24N4O/c1-20-12-13-22(14-17(20)15-6-4-3-5-7-15)18(23)9-8-16-10-11-19-21(16)2/h3-7,10-11,17H,8-9,12-14H2,1-2H3/t17-/m0/s1. The molecule has 1 saturated heterocycles. The molecule has 23 heavy (non-hydrogen) atoms. The smallest absolute Gasteiger partial charge is 0.223 e. The fourth-order valence-electron chi connectivity index (χ4n) is 3.17. The van der Waals surface area contributed by atoms with Gasteiger partial charge in [-0.1, -0.05) is 30.3 Å². The maximum Gasteiger partial charge on any atom is 0.223 e. The number of aromatic nitrogens is 2. The summed E-state index contributed by atoms with van der Waals surface area (Å²) in [5.41, 5.74) is 2.38. The number of rotatable bonds is 4. The summed E-state index contributed by atoms with van der Waals surface area (Å²) in [5.74, 6) is 0.236. The second kappa shape index (κ2) is 6.96. The molecule has 1 amide bonds. The van der Waals surface area contributed by atoms with Gasteiger partial charge in [0.1, 0.15) is 0 Å². The Hall–Kier alpha value is -2.14. The number of likely N-dealkylation sites (N-methyl/N-ethyl adjacent to an activating group) is 1. The predicted molar refractivity (Wildman–Crippen MR) is 89.9 cm³/mol. The van der Waals surface area contributed by atoms with Crippen LogP contribution in [0.5, 0.6) is 0 Å². The molecule has 0 unspecified atom stereocenters. The van der Waals surface area contributed by atoms with E-state index in [-0.39, 0.29) is 11.9 Å². The lowest BCUT2D eigenvalue weighted by atomic mass is 10.0. The Bertz CT molecular complexity index is 652. The number of piperazine rings is 1. The highest BCUT2D eigenvalue weighted by Crippen LogP contribution is 2.24. The third kappa shape index (κ3) is 3.62. The average molecular weight is 312 g/mol. The molecule has 3 rings (SSSR count). The van der Waals surface area contributed by atoms with Crippen molar-refractivity contribution in [3.63, 3.8) is 0 Å². The van der Waals surface area contributed by atoms with E-state index in [1.165, 1.54) is 5.56 Å². The maximum atomic E-state index is 12.6.